The zero-order chi connectivity index (χ0) is 13.0. The van der Waals surface area contributed by atoms with Gasteiger partial charge in [0.05, 0.1) is 18.8 Å². The molecule has 0 amide bonds. The number of hydrogen-bond donors (Lipinski definition) is 0. The van der Waals surface area contributed by atoms with Gasteiger partial charge in [0.15, 0.2) is 0 Å². The highest BCUT2D eigenvalue weighted by Gasteiger charge is 2.32. The summed E-state index contributed by atoms with van der Waals surface area (Å²) in [4.78, 5) is 4.95. The van der Waals surface area contributed by atoms with Crippen molar-refractivity contribution in [2.75, 3.05) is 32.8 Å². The van der Waals surface area contributed by atoms with Gasteiger partial charge in [-0.2, -0.15) is 5.26 Å². The third-order valence-electron chi connectivity index (χ3n) is 3.91. The number of morpholine rings is 1. The lowest BCUT2D eigenvalue weighted by atomic mass is 10.2. The van der Waals surface area contributed by atoms with Crippen molar-refractivity contribution in [3.8, 4) is 6.07 Å². The zero-order valence-electron chi connectivity index (χ0n) is 11.6. The lowest BCUT2D eigenvalue weighted by molar-refractivity contribution is -0.0529. The SMILES string of the molecule is CC(C)N1CCOC(CN(CCC#N)C2CC2)C1. The molecule has 1 heterocycles. The van der Waals surface area contributed by atoms with E-state index in [1.165, 1.54) is 12.8 Å². The minimum atomic E-state index is 0.320. The summed E-state index contributed by atoms with van der Waals surface area (Å²) in [6, 6.07) is 3.57. The van der Waals surface area contributed by atoms with Crippen molar-refractivity contribution in [3.05, 3.63) is 0 Å². The molecule has 18 heavy (non-hydrogen) atoms. The van der Waals surface area contributed by atoms with Crippen LogP contribution < -0.4 is 0 Å². The molecule has 0 N–H and O–H groups in total. The first kappa shape index (κ1) is 13.8. The predicted octanol–water partition coefficient (Wildman–Crippen LogP) is 1.47. The van der Waals surface area contributed by atoms with Gasteiger partial charge >= 0.3 is 0 Å². The normalized spacial score (nSPS) is 25.6. The van der Waals surface area contributed by atoms with Crippen molar-refractivity contribution < 1.29 is 4.74 Å². The van der Waals surface area contributed by atoms with Gasteiger partial charge in [-0.15, -0.1) is 0 Å². The van der Waals surface area contributed by atoms with E-state index in [2.05, 4.69) is 29.7 Å². The Morgan fingerprint density at radius 2 is 2.22 bits per heavy atom. The van der Waals surface area contributed by atoms with E-state index in [0.717, 1.165) is 38.8 Å². The summed E-state index contributed by atoms with van der Waals surface area (Å²) in [6.07, 6.45) is 3.55. The maximum Gasteiger partial charge on any atom is 0.0829 e. The Balaban J connectivity index is 1.80. The van der Waals surface area contributed by atoms with E-state index in [4.69, 9.17) is 10.00 Å². The summed E-state index contributed by atoms with van der Waals surface area (Å²) in [7, 11) is 0. The first-order valence-corrected chi connectivity index (χ1v) is 7.17. The molecule has 1 atom stereocenters. The molecule has 0 radical (unpaired) electrons. The Morgan fingerprint density at radius 3 is 2.83 bits per heavy atom. The molecule has 4 nitrogen and oxygen atoms in total. The molecule has 0 aromatic rings. The molecule has 102 valence electrons. The Hall–Kier alpha value is -0.630. The molecule has 1 aliphatic heterocycles. The topological polar surface area (TPSA) is 39.5 Å². The van der Waals surface area contributed by atoms with Crippen molar-refractivity contribution in [3.63, 3.8) is 0 Å². The smallest absolute Gasteiger partial charge is 0.0829 e. The molecule has 1 saturated carbocycles. The Labute approximate surface area is 110 Å². The minimum Gasteiger partial charge on any atom is -0.374 e. The number of nitrogens with zero attached hydrogens (tertiary/aromatic N) is 3. The number of hydrogen-bond acceptors (Lipinski definition) is 4. The van der Waals surface area contributed by atoms with Crippen LogP contribution >= 0.6 is 0 Å². The quantitative estimate of drug-likeness (QED) is 0.717. The van der Waals surface area contributed by atoms with Gasteiger partial charge in [0.2, 0.25) is 0 Å². The van der Waals surface area contributed by atoms with Crippen molar-refractivity contribution in [1.29, 1.82) is 5.26 Å². The average molecular weight is 251 g/mol. The summed E-state index contributed by atoms with van der Waals surface area (Å²) in [5, 5.41) is 8.72. The molecular formula is C14H25N3O. The molecule has 0 aromatic carbocycles. The third-order valence-corrected chi connectivity index (χ3v) is 3.91. The van der Waals surface area contributed by atoms with E-state index < -0.39 is 0 Å². The van der Waals surface area contributed by atoms with Crippen molar-refractivity contribution in [2.45, 2.75) is 51.3 Å². The Kier molecular flexibility index (Phi) is 4.99. The van der Waals surface area contributed by atoms with Crippen LogP contribution in [0.5, 0.6) is 0 Å². The van der Waals surface area contributed by atoms with Gasteiger partial charge in [-0.1, -0.05) is 0 Å². The van der Waals surface area contributed by atoms with E-state index in [-0.39, 0.29) is 0 Å². The van der Waals surface area contributed by atoms with E-state index in [9.17, 15) is 0 Å². The summed E-state index contributed by atoms with van der Waals surface area (Å²) in [6.45, 7) is 9.33. The van der Waals surface area contributed by atoms with Gasteiger partial charge in [0.25, 0.3) is 0 Å². The molecule has 0 spiro atoms. The monoisotopic (exact) mass is 251 g/mol. The summed E-state index contributed by atoms with van der Waals surface area (Å²) in [5.41, 5.74) is 0. The zero-order valence-corrected chi connectivity index (χ0v) is 11.6. The highest BCUT2D eigenvalue weighted by molar-refractivity contribution is 4.89. The fraction of sp³-hybridized carbons (Fsp3) is 0.929. The summed E-state index contributed by atoms with van der Waals surface area (Å²) in [5.74, 6) is 0. The average Bonchev–Trinajstić information content (AvgIpc) is 3.19. The summed E-state index contributed by atoms with van der Waals surface area (Å²) < 4.78 is 5.88. The molecule has 0 bridgehead atoms. The van der Waals surface area contributed by atoms with Crippen molar-refractivity contribution in [1.82, 2.24) is 9.80 Å². The van der Waals surface area contributed by atoms with Crippen LogP contribution in [0.25, 0.3) is 0 Å². The highest BCUT2D eigenvalue weighted by Crippen LogP contribution is 2.27. The first-order valence-electron chi connectivity index (χ1n) is 7.17. The minimum absolute atomic E-state index is 0.320. The van der Waals surface area contributed by atoms with Crippen LogP contribution in [0.15, 0.2) is 0 Å². The van der Waals surface area contributed by atoms with Gasteiger partial charge < -0.3 is 4.74 Å². The van der Waals surface area contributed by atoms with Crippen molar-refractivity contribution >= 4 is 0 Å². The van der Waals surface area contributed by atoms with Crippen LogP contribution in [0.1, 0.15) is 33.1 Å². The standard InChI is InChI=1S/C14H25N3O/c1-12(2)16-8-9-18-14(10-16)11-17(7-3-6-15)13-4-5-13/h12-14H,3-5,7-11H2,1-2H3. The van der Waals surface area contributed by atoms with Gasteiger partial charge in [-0.25, -0.2) is 0 Å². The van der Waals surface area contributed by atoms with Gasteiger partial charge in [-0.05, 0) is 26.7 Å². The predicted molar refractivity (Wildman–Crippen MR) is 71.3 cm³/mol. The third kappa shape index (κ3) is 3.94. The molecule has 1 saturated heterocycles. The number of nitriles is 1. The first-order chi connectivity index (χ1) is 8.70. The second-order valence-corrected chi connectivity index (χ2v) is 5.72. The molecule has 2 fully saturated rings. The van der Waals surface area contributed by atoms with Crippen LogP contribution in [-0.4, -0.2) is 60.8 Å². The van der Waals surface area contributed by atoms with E-state index in [1.807, 2.05) is 0 Å². The molecule has 2 rings (SSSR count). The van der Waals surface area contributed by atoms with Crippen LogP contribution in [-0.2, 0) is 4.74 Å². The molecule has 0 aromatic heterocycles. The molecule has 2 aliphatic rings. The summed E-state index contributed by atoms with van der Waals surface area (Å²) >= 11 is 0. The fourth-order valence-electron chi connectivity index (χ4n) is 2.64. The molecule has 4 heteroatoms. The van der Waals surface area contributed by atoms with Crippen LogP contribution in [0.3, 0.4) is 0 Å². The lowest BCUT2D eigenvalue weighted by Crippen LogP contribution is -2.50. The molecule has 1 aliphatic carbocycles. The molecule has 1 unspecified atom stereocenters. The fourth-order valence-corrected chi connectivity index (χ4v) is 2.64. The van der Waals surface area contributed by atoms with E-state index in [1.54, 1.807) is 0 Å². The van der Waals surface area contributed by atoms with E-state index in [0.29, 0.717) is 18.6 Å². The van der Waals surface area contributed by atoms with Gasteiger partial charge in [0, 0.05) is 44.7 Å². The van der Waals surface area contributed by atoms with Gasteiger partial charge in [0.1, 0.15) is 0 Å². The maximum absolute atomic E-state index is 8.72. The molecular weight excluding hydrogens is 226 g/mol. The van der Waals surface area contributed by atoms with Crippen LogP contribution in [0.4, 0.5) is 0 Å². The second kappa shape index (κ2) is 6.51. The van der Waals surface area contributed by atoms with E-state index >= 15 is 0 Å². The highest BCUT2D eigenvalue weighted by atomic mass is 16.5. The van der Waals surface area contributed by atoms with Gasteiger partial charge in [-0.3, -0.25) is 9.80 Å². The largest absolute Gasteiger partial charge is 0.374 e. The second-order valence-electron chi connectivity index (χ2n) is 5.72. The Bertz CT molecular complexity index is 296. The van der Waals surface area contributed by atoms with Crippen molar-refractivity contribution in [2.24, 2.45) is 0 Å². The van der Waals surface area contributed by atoms with Crippen LogP contribution in [0.2, 0.25) is 0 Å². The lowest BCUT2D eigenvalue weighted by Gasteiger charge is -2.37. The number of rotatable bonds is 6. The Morgan fingerprint density at radius 1 is 1.44 bits per heavy atom. The maximum atomic E-state index is 8.72. The van der Waals surface area contributed by atoms with Crippen LogP contribution in [0, 0.1) is 11.3 Å². The number of ether oxygens (including phenoxy) is 1.